The third-order valence-electron chi connectivity index (χ3n) is 2.06. The Labute approximate surface area is 101 Å². The van der Waals surface area contributed by atoms with Gasteiger partial charge in [-0.25, -0.2) is 4.79 Å². The van der Waals surface area contributed by atoms with Gasteiger partial charge in [0.2, 0.25) is 0 Å². The van der Waals surface area contributed by atoms with Crippen molar-refractivity contribution in [3.63, 3.8) is 0 Å². The maximum atomic E-state index is 11.2. The number of ether oxygens (including phenoxy) is 2. The molecule has 1 aromatic carbocycles. The summed E-state index contributed by atoms with van der Waals surface area (Å²) in [6.07, 6.45) is 0.783. The molecule has 0 unspecified atom stereocenters. The van der Waals surface area contributed by atoms with Gasteiger partial charge in [-0.3, -0.25) is 4.79 Å². The van der Waals surface area contributed by atoms with Gasteiger partial charge in [-0.05, 0) is 25.5 Å². The smallest absolute Gasteiger partial charge is 0.344 e. The maximum Gasteiger partial charge on any atom is 0.344 e. The Hall–Kier alpha value is -1.84. The molecule has 0 bridgehead atoms. The SMILES string of the molecule is CCCOC(=O)COc1cccc(C(C)=O)c1. The van der Waals surface area contributed by atoms with E-state index in [0.717, 1.165) is 6.42 Å². The summed E-state index contributed by atoms with van der Waals surface area (Å²) >= 11 is 0. The van der Waals surface area contributed by atoms with Gasteiger partial charge < -0.3 is 9.47 Å². The van der Waals surface area contributed by atoms with Crippen LogP contribution >= 0.6 is 0 Å². The zero-order valence-corrected chi connectivity index (χ0v) is 10.1. The molecule has 4 heteroatoms. The number of hydrogen-bond acceptors (Lipinski definition) is 4. The fraction of sp³-hybridized carbons (Fsp3) is 0.385. The first-order valence-corrected chi connectivity index (χ1v) is 5.53. The molecule has 0 aromatic heterocycles. The third kappa shape index (κ3) is 4.68. The Morgan fingerprint density at radius 3 is 2.71 bits per heavy atom. The summed E-state index contributed by atoms with van der Waals surface area (Å²) in [5, 5.41) is 0. The molecule has 17 heavy (non-hydrogen) atoms. The molecular weight excluding hydrogens is 220 g/mol. The van der Waals surface area contributed by atoms with Crippen molar-refractivity contribution in [3.05, 3.63) is 29.8 Å². The summed E-state index contributed by atoms with van der Waals surface area (Å²) in [4.78, 5) is 22.3. The van der Waals surface area contributed by atoms with Crippen LogP contribution in [0.3, 0.4) is 0 Å². The molecule has 92 valence electrons. The molecule has 0 aliphatic carbocycles. The highest BCUT2D eigenvalue weighted by molar-refractivity contribution is 5.94. The highest BCUT2D eigenvalue weighted by atomic mass is 16.6. The van der Waals surface area contributed by atoms with Crippen LogP contribution in [0.4, 0.5) is 0 Å². The Morgan fingerprint density at radius 2 is 2.06 bits per heavy atom. The van der Waals surface area contributed by atoms with Crippen LogP contribution in [0.5, 0.6) is 5.75 Å². The van der Waals surface area contributed by atoms with Gasteiger partial charge in [0, 0.05) is 5.56 Å². The van der Waals surface area contributed by atoms with E-state index < -0.39 is 5.97 Å². The van der Waals surface area contributed by atoms with E-state index in [1.807, 2.05) is 6.92 Å². The molecule has 1 aromatic rings. The van der Waals surface area contributed by atoms with E-state index in [2.05, 4.69) is 0 Å². The van der Waals surface area contributed by atoms with Gasteiger partial charge in [0.25, 0.3) is 0 Å². The van der Waals surface area contributed by atoms with Crippen molar-refractivity contribution < 1.29 is 19.1 Å². The van der Waals surface area contributed by atoms with Crippen LogP contribution in [-0.4, -0.2) is 25.0 Å². The number of esters is 1. The zero-order chi connectivity index (χ0) is 12.7. The molecule has 1 rings (SSSR count). The van der Waals surface area contributed by atoms with Crippen LogP contribution < -0.4 is 4.74 Å². The third-order valence-corrected chi connectivity index (χ3v) is 2.06. The molecule has 0 N–H and O–H groups in total. The fourth-order valence-electron chi connectivity index (χ4n) is 1.20. The van der Waals surface area contributed by atoms with E-state index in [9.17, 15) is 9.59 Å². The number of hydrogen-bond donors (Lipinski definition) is 0. The Balaban J connectivity index is 2.49. The molecule has 0 fully saturated rings. The minimum Gasteiger partial charge on any atom is -0.482 e. The maximum absolute atomic E-state index is 11.2. The van der Waals surface area contributed by atoms with Gasteiger partial charge in [-0.15, -0.1) is 0 Å². The van der Waals surface area contributed by atoms with Crippen LogP contribution in [-0.2, 0) is 9.53 Å². The lowest BCUT2D eigenvalue weighted by Gasteiger charge is -2.06. The van der Waals surface area contributed by atoms with Crippen molar-refractivity contribution in [2.75, 3.05) is 13.2 Å². The summed E-state index contributed by atoms with van der Waals surface area (Å²) in [7, 11) is 0. The Kier molecular flexibility index (Phi) is 5.20. The number of ketones is 1. The van der Waals surface area contributed by atoms with Crippen LogP contribution in [0.2, 0.25) is 0 Å². The molecule has 0 saturated heterocycles. The summed E-state index contributed by atoms with van der Waals surface area (Å²) in [5.41, 5.74) is 0.560. The highest BCUT2D eigenvalue weighted by Gasteiger charge is 2.05. The van der Waals surface area contributed by atoms with E-state index in [4.69, 9.17) is 9.47 Å². The Bertz CT molecular complexity index is 398. The zero-order valence-electron chi connectivity index (χ0n) is 10.1. The first-order chi connectivity index (χ1) is 8.13. The van der Waals surface area contributed by atoms with E-state index in [-0.39, 0.29) is 12.4 Å². The number of Topliss-reactive ketones (excluding diaryl/α,β-unsaturated/α-hetero) is 1. The minimum atomic E-state index is -0.403. The monoisotopic (exact) mass is 236 g/mol. The molecule has 0 aliphatic heterocycles. The summed E-state index contributed by atoms with van der Waals surface area (Å²) < 4.78 is 10.1. The van der Waals surface area contributed by atoms with Crippen LogP contribution in [0.15, 0.2) is 24.3 Å². The molecule has 0 amide bonds. The molecule has 0 atom stereocenters. The van der Waals surface area contributed by atoms with Crippen molar-refractivity contribution in [2.24, 2.45) is 0 Å². The van der Waals surface area contributed by atoms with Gasteiger partial charge in [-0.1, -0.05) is 19.1 Å². The molecule has 0 spiro atoms. The number of carbonyl (C=O) groups is 2. The van der Waals surface area contributed by atoms with E-state index in [1.165, 1.54) is 6.92 Å². The van der Waals surface area contributed by atoms with E-state index >= 15 is 0 Å². The average Bonchev–Trinajstić information content (AvgIpc) is 2.34. The highest BCUT2D eigenvalue weighted by Crippen LogP contribution is 2.13. The normalized spacial score (nSPS) is 9.76. The fourth-order valence-corrected chi connectivity index (χ4v) is 1.20. The van der Waals surface area contributed by atoms with Gasteiger partial charge in [-0.2, -0.15) is 0 Å². The molecule has 0 aliphatic rings. The summed E-state index contributed by atoms with van der Waals surface area (Å²) in [5.74, 6) is 0.0511. The lowest BCUT2D eigenvalue weighted by atomic mass is 10.1. The number of benzene rings is 1. The molecule has 0 saturated carbocycles. The number of carbonyl (C=O) groups excluding carboxylic acids is 2. The minimum absolute atomic E-state index is 0.0380. The van der Waals surface area contributed by atoms with E-state index in [0.29, 0.717) is 17.9 Å². The Morgan fingerprint density at radius 1 is 1.29 bits per heavy atom. The standard InChI is InChI=1S/C13H16O4/c1-3-7-16-13(15)9-17-12-6-4-5-11(8-12)10(2)14/h4-6,8H,3,7,9H2,1-2H3. The van der Waals surface area contributed by atoms with Crippen molar-refractivity contribution in [1.29, 1.82) is 0 Å². The van der Waals surface area contributed by atoms with Crippen LogP contribution in [0.25, 0.3) is 0 Å². The largest absolute Gasteiger partial charge is 0.482 e. The van der Waals surface area contributed by atoms with Gasteiger partial charge in [0.15, 0.2) is 12.4 Å². The number of rotatable bonds is 6. The van der Waals surface area contributed by atoms with Crippen molar-refractivity contribution in [1.82, 2.24) is 0 Å². The lowest BCUT2D eigenvalue weighted by molar-refractivity contribution is -0.146. The second-order valence-corrected chi connectivity index (χ2v) is 3.59. The molecular formula is C13H16O4. The van der Waals surface area contributed by atoms with Crippen LogP contribution in [0, 0.1) is 0 Å². The topological polar surface area (TPSA) is 52.6 Å². The lowest BCUT2D eigenvalue weighted by Crippen LogP contribution is -2.15. The predicted octanol–water partition coefficient (Wildman–Crippen LogP) is 2.22. The van der Waals surface area contributed by atoms with Gasteiger partial charge in [0.05, 0.1) is 6.61 Å². The second kappa shape index (κ2) is 6.68. The van der Waals surface area contributed by atoms with Gasteiger partial charge in [0.1, 0.15) is 5.75 Å². The van der Waals surface area contributed by atoms with Gasteiger partial charge >= 0.3 is 5.97 Å². The second-order valence-electron chi connectivity index (χ2n) is 3.59. The first kappa shape index (κ1) is 13.2. The van der Waals surface area contributed by atoms with Crippen molar-refractivity contribution >= 4 is 11.8 Å². The van der Waals surface area contributed by atoms with E-state index in [1.54, 1.807) is 24.3 Å². The predicted molar refractivity (Wildman–Crippen MR) is 63.2 cm³/mol. The van der Waals surface area contributed by atoms with Crippen LogP contribution in [0.1, 0.15) is 30.6 Å². The molecule has 0 radical (unpaired) electrons. The average molecular weight is 236 g/mol. The molecule has 4 nitrogen and oxygen atoms in total. The first-order valence-electron chi connectivity index (χ1n) is 5.53. The summed E-state index contributed by atoms with van der Waals surface area (Å²) in [6.45, 7) is 3.66. The van der Waals surface area contributed by atoms with Crippen molar-refractivity contribution in [2.45, 2.75) is 20.3 Å². The van der Waals surface area contributed by atoms with Crippen molar-refractivity contribution in [3.8, 4) is 5.75 Å². The molecule has 0 heterocycles. The quantitative estimate of drug-likeness (QED) is 0.561. The summed E-state index contributed by atoms with van der Waals surface area (Å²) in [6, 6.07) is 6.71.